The van der Waals surface area contributed by atoms with Crippen LogP contribution in [0, 0.1) is 6.92 Å². The fourth-order valence-electron chi connectivity index (χ4n) is 2.79. The Hall–Kier alpha value is -1.25. The summed E-state index contributed by atoms with van der Waals surface area (Å²) in [6.45, 7) is 4.61. The van der Waals surface area contributed by atoms with Gasteiger partial charge in [0.05, 0.1) is 22.6 Å². The van der Waals surface area contributed by atoms with Crippen LogP contribution in [0.3, 0.4) is 0 Å². The highest BCUT2D eigenvalue weighted by Gasteiger charge is 2.29. The molecule has 2 aromatic rings. The largest absolute Gasteiger partial charge is 0.297 e. The number of sulfone groups is 1. The van der Waals surface area contributed by atoms with E-state index in [1.807, 2.05) is 6.92 Å². The maximum Gasteiger partial charge on any atom is 0.178 e. The first kappa shape index (κ1) is 14.7. The molecule has 1 atom stereocenters. The minimum Gasteiger partial charge on any atom is -0.297 e. The van der Waals surface area contributed by atoms with Crippen molar-refractivity contribution < 1.29 is 8.42 Å². The number of aromatic amines is 1. The van der Waals surface area contributed by atoms with Gasteiger partial charge in [0, 0.05) is 30.6 Å². The first-order chi connectivity index (χ1) is 9.93. The summed E-state index contributed by atoms with van der Waals surface area (Å²) in [5.74, 6) is 0.192. The lowest BCUT2D eigenvalue weighted by molar-refractivity contribution is 0.322. The zero-order chi connectivity index (χ0) is 15.0. The highest BCUT2D eigenvalue weighted by atomic mass is 32.2. The Bertz CT molecular complexity index is 735. The van der Waals surface area contributed by atoms with E-state index in [2.05, 4.69) is 25.5 Å². The molecule has 8 heteroatoms. The van der Waals surface area contributed by atoms with Crippen LogP contribution in [0.4, 0.5) is 0 Å². The number of nitrogens with zero attached hydrogens (tertiary/aromatic N) is 3. The Balaban J connectivity index is 1.71. The first-order valence-electron chi connectivity index (χ1n) is 6.80. The lowest BCUT2D eigenvalue weighted by atomic mass is 10.1. The fraction of sp³-hybridized carbons (Fsp3) is 0.538. The normalized spacial score (nSPS) is 20.2. The molecule has 1 aliphatic heterocycles. The van der Waals surface area contributed by atoms with Gasteiger partial charge in [0.25, 0.3) is 0 Å². The molecule has 6 nitrogen and oxygen atoms in total. The van der Waals surface area contributed by atoms with Crippen molar-refractivity contribution in [2.45, 2.75) is 30.7 Å². The molecule has 1 fully saturated rings. The third-order valence-electron chi connectivity index (χ3n) is 3.76. The number of aryl methyl sites for hydroxylation is 1. The van der Waals surface area contributed by atoms with E-state index < -0.39 is 9.84 Å². The van der Waals surface area contributed by atoms with Gasteiger partial charge < -0.3 is 0 Å². The third kappa shape index (κ3) is 3.17. The van der Waals surface area contributed by atoms with E-state index in [-0.39, 0.29) is 5.92 Å². The van der Waals surface area contributed by atoms with Crippen molar-refractivity contribution >= 4 is 21.2 Å². The van der Waals surface area contributed by atoms with Gasteiger partial charge in [-0.15, -0.1) is 11.3 Å². The SMILES string of the molecule is Cc1nc(CN2CC[C@@H](c3[nH]ncc3S(C)(=O)=O)C2)cs1. The number of hydrogen-bond donors (Lipinski definition) is 1. The van der Waals surface area contributed by atoms with Crippen LogP contribution in [0.15, 0.2) is 16.5 Å². The zero-order valence-electron chi connectivity index (χ0n) is 12.0. The number of nitrogens with one attached hydrogen (secondary N) is 1. The summed E-state index contributed by atoms with van der Waals surface area (Å²) in [4.78, 5) is 7.12. The van der Waals surface area contributed by atoms with Gasteiger partial charge >= 0.3 is 0 Å². The van der Waals surface area contributed by atoms with Crippen molar-refractivity contribution in [2.75, 3.05) is 19.3 Å². The summed E-state index contributed by atoms with van der Waals surface area (Å²) in [7, 11) is -3.22. The molecular weight excluding hydrogens is 308 g/mol. The van der Waals surface area contributed by atoms with Gasteiger partial charge in [-0.05, 0) is 19.9 Å². The van der Waals surface area contributed by atoms with Crippen molar-refractivity contribution in [1.82, 2.24) is 20.1 Å². The van der Waals surface area contributed by atoms with Crippen LogP contribution in [0.5, 0.6) is 0 Å². The second-order valence-corrected chi connectivity index (χ2v) is 8.55. The monoisotopic (exact) mass is 326 g/mol. The third-order valence-corrected chi connectivity index (χ3v) is 5.71. The molecule has 3 heterocycles. The van der Waals surface area contributed by atoms with Crippen molar-refractivity contribution in [3.05, 3.63) is 28.0 Å². The molecule has 0 aliphatic carbocycles. The van der Waals surface area contributed by atoms with Crippen LogP contribution in [-0.2, 0) is 16.4 Å². The summed E-state index contributed by atoms with van der Waals surface area (Å²) >= 11 is 1.66. The molecule has 0 saturated carbocycles. The van der Waals surface area contributed by atoms with E-state index in [1.165, 1.54) is 12.5 Å². The topological polar surface area (TPSA) is 79.0 Å². The average Bonchev–Trinajstić information content (AvgIpc) is 3.08. The van der Waals surface area contributed by atoms with E-state index in [0.717, 1.165) is 42.5 Å². The molecule has 0 aromatic carbocycles. The van der Waals surface area contributed by atoms with Crippen LogP contribution >= 0.6 is 11.3 Å². The predicted molar refractivity (Wildman–Crippen MR) is 81.2 cm³/mol. The van der Waals surface area contributed by atoms with Crippen LogP contribution in [0.2, 0.25) is 0 Å². The van der Waals surface area contributed by atoms with Gasteiger partial charge in [-0.1, -0.05) is 0 Å². The summed E-state index contributed by atoms with van der Waals surface area (Å²) in [6.07, 6.45) is 3.58. The number of aromatic nitrogens is 3. The number of hydrogen-bond acceptors (Lipinski definition) is 6. The average molecular weight is 326 g/mol. The highest BCUT2D eigenvalue weighted by molar-refractivity contribution is 7.90. The van der Waals surface area contributed by atoms with Crippen LogP contribution < -0.4 is 0 Å². The van der Waals surface area contributed by atoms with Crippen LogP contribution in [0.1, 0.15) is 28.7 Å². The summed E-state index contributed by atoms with van der Waals surface area (Å²) in [5.41, 5.74) is 1.83. The second-order valence-electron chi connectivity index (χ2n) is 5.50. The van der Waals surface area contributed by atoms with Gasteiger partial charge in [0.2, 0.25) is 0 Å². The quantitative estimate of drug-likeness (QED) is 0.922. The number of thiazole rings is 1. The summed E-state index contributed by atoms with van der Waals surface area (Å²) < 4.78 is 23.5. The Morgan fingerprint density at radius 2 is 2.33 bits per heavy atom. The van der Waals surface area contributed by atoms with E-state index in [9.17, 15) is 8.42 Å². The molecule has 0 unspecified atom stereocenters. The lowest BCUT2D eigenvalue weighted by Crippen LogP contribution is -2.20. The summed E-state index contributed by atoms with van der Waals surface area (Å²) in [5, 5.41) is 9.95. The minimum absolute atomic E-state index is 0.192. The van der Waals surface area contributed by atoms with Gasteiger partial charge in [-0.3, -0.25) is 10.00 Å². The van der Waals surface area contributed by atoms with Gasteiger partial charge in [-0.25, -0.2) is 13.4 Å². The first-order valence-corrected chi connectivity index (χ1v) is 9.57. The predicted octanol–water partition coefficient (Wildman–Crippen LogP) is 1.57. The van der Waals surface area contributed by atoms with Crippen LogP contribution in [-0.4, -0.2) is 47.8 Å². The molecule has 0 spiro atoms. The standard InChI is InChI=1S/C13H18N4O2S2/c1-9-15-11(8-20-9)7-17-4-3-10(6-17)13-12(5-14-16-13)21(2,18)19/h5,8,10H,3-4,6-7H2,1-2H3,(H,14,16)/t10-/m1/s1. The molecule has 3 rings (SSSR count). The van der Waals surface area contributed by atoms with E-state index in [1.54, 1.807) is 11.3 Å². The van der Waals surface area contributed by atoms with Gasteiger partial charge in [-0.2, -0.15) is 5.10 Å². The molecule has 1 saturated heterocycles. The molecule has 21 heavy (non-hydrogen) atoms. The Morgan fingerprint density at radius 1 is 1.52 bits per heavy atom. The molecule has 1 aliphatic rings. The Labute approximate surface area is 128 Å². The van der Waals surface area contributed by atoms with Crippen molar-refractivity contribution in [1.29, 1.82) is 0 Å². The minimum atomic E-state index is -3.22. The maximum absolute atomic E-state index is 11.8. The van der Waals surface area contributed by atoms with Crippen molar-refractivity contribution in [2.24, 2.45) is 0 Å². The van der Waals surface area contributed by atoms with Gasteiger partial charge in [0.15, 0.2) is 9.84 Å². The Kier molecular flexibility index (Phi) is 3.85. The maximum atomic E-state index is 11.8. The van der Waals surface area contributed by atoms with E-state index >= 15 is 0 Å². The lowest BCUT2D eigenvalue weighted by Gasteiger charge is -2.14. The molecule has 0 radical (unpaired) electrons. The van der Waals surface area contributed by atoms with Crippen molar-refractivity contribution in [3.8, 4) is 0 Å². The van der Waals surface area contributed by atoms with Crippen LogP contribution in [0.25, 0.3) is 0 Å². The number of H-pyrrole nitrogens is 1. The fourth-order valence-corrected chi connectivity index (χ4v) is 4.25. The second kappa shape index (κ2) is 5.51. The zero-order valence-corrected chi connectivity index (χ0v) is 13.7. The molecule has 0 bridgehead atoms. The molecule has 114 valence electrons. The molecule has 1 N–H and O–H groups in total. The molecule has 2 aromatic heterocycles. The Morgan fingerprint density at radius 3 is 3.00 bits per heavy atom. The number of likely N-dealkylation sites (tertiary alicyclic amines) is 1. The smallest absolute Gasteiger partial charge is 0.178 e. The molecular formula is C13H18N4O2S2. The highest BCUT2D eigenvalue weighted by Crippen LogP contribution is 2.30. The van der Waals surface area contributed by atoms with E-state index in [0.29, 0.717) is 4.90 Å². The molecule has 0 amide bonds. The van der Waals surface area contributed by atoms with Gasteiger partial charge in [0.1, 0.15) is 4.90 Å². The number of rotatable bonds is 4. The van der Waals surface area contributed by atoms with E-state index in [4.69, 9.17) is 0 Å². The summed E-state index contributed by atoms with van der Waals surface area (Å²) in [6, 6.07) is 0. The van der Waals surface area contributed by atoms with Crippen molar-refractivity contribution in [3.63, 3.8) is 0 Å².